The number of nitrogens with zero attached hydrogens (tertiary/aromatic N) is 5. The Morgan fingerprint density at radius 1 is 1.06 bits per heavy atom. The van der Waals surface area contributed by atoms with Gasteiger partial charge in [-0.1, -0.05) is 25.1 Å². The lowest BCUT2D eigenvalue weighted by Gasteiger charge is -2.11. The van der Waals surface area contributed by atoms with Crippen LogP contribution in [0, 0.1) is 5.82 Å². The highest BCUT2D eigenvalue weighted by Gasteiger charge is 2.17. The van der Waals surface area contributed by atoms with Gasteiger partial charge in [-0.05, 0) is 12.0 Å². The molecule has 3 aromatic heterocycles. The first-order valence-corrected chi connectivity index (χ1v) is 10.3. The first-order valence-electron chi connectivity index (χ1n) is 10.3. The summed E-state index contributed by atoms with van der Waals surface area (Å²) in [6, 6.07) is 7.26. The van der Waals surface area contributed by atoms with E-state index in [0.717, 1.165) is 35.3 Å². The largest absolute Gasteiger partial charge is 0.370 e. The molecule has 9 heteroatoms. The molecule has 1 amide bonds. The van der Waals surface area contributed by atoms with Crippen LogP contribution >= 0.6 is 0 Å². The fourth-order valence-corrected chi connectivity index (χ4v) is 3.42. The summed E-state index contributed by atoms with van der Waals surface area (Å²) in [5.74, 6) is 0.329. The smallest absolute Gasteiger partial charge is 0.254 e. The van der Waals surface area contributed by atoms with Crippen LogP contribution in [0.1, 0.15) is 28.7 Å². The second-order valence-electron chi connectivity index (χ2n) is 7.08. The topological polar surface area (TPSA) is 106 Å². The lowest BCUT2D eigenvalue weighted by atomic mass is 10.0. The SMILES string of the molecule is CCc1ncc(-c2cc(NCCc3cccc4c(C(=O)NC)c(F)cnc34)ncn2)cn1. The number of fused-ring (bicyclic) bond motifs is 1. The highest BCUT2D eigenvalue weighted by Crippen LogP contribution is 2.23. The number of carbonyl (C=O) groups is 1. The standard InChI is InChI=1S/C23H22FN7O/c1-3-19-27-10-15(11-28-19)18-9-20(31-13-30-18)26-8-7-14-5-4-6-16-21(23(32)25-2)17(24)12-29-22(14)16/h4-6,9-13H,3,7-8H2,1-2H3,(H,25,32)(H,26,30,31). The molecule has 1 aromatic carbocycles. The van der Waals surface area contributed by atoms with Crippen LogP contribution < -0.4 is 10.6 Å². The molecular formula is C23H22FN7O. The van der Waals surface area contributed by atoms with Crippen molar-refractivity contribution in [2.45, 2.75) is 19.8 Å². The maximum absolute atomic E-state index is 14.2. The van der Waals surface area contributed by atoms with Gasteiger partial charge >= 0.3 is 0 Å². The van der Waals surface area contributed by atoms with Crippen molar-refractivity contribution in [3.8, 4) is 11.3 Å². The van der Waals surface area contributed by atoms with E-state index in [1.165, 1.54) is 13.4 Å². The number of hydrogen-bond donors (Lipinski definition) is 2. The third kappa shape index (κ3) is 4.36. The fraction of sp³-hybridized carbons (Fsp3) is 0.217. The summed E-state index contributed by atoms with van der Waals surface area (Å²) in [4.78, 5) is 33.6. The Kier molecular flexibility index (Phi) is 6.25. The molecule has 0 aliphatic heterocycles. The van der Waals surface area contributed by atoms with Crippen LogP contribution in [-0.2, 0) is 12.8 Å². The Bertz CT molecular complexity index is 1260. The van der Waals surface area contributed by atoms with Gasteiger partial charge in [0.2, 0.25) is 0 Å². The number of amides is 1. The van der Waals surface area contributed by atoms with Crippen LogP contribution in [0.15, 0.2) is 49.2 Å². The van der Waals surface area contributed by atoms with Crippen LogP contribution in [0.2, 0.25) is 0 Å². The summed E-state index contributed by atoms with van der Waals surface area (Å²) < 4.78 is 14.2. The maximum Gasteiger partial charge on any atom is 0.254 e. The minimum atomic E-state index is -0.642. The van der Waals surface area contributed by atoms with E-state index in [0.29, 0.717) is 29.7 Å². The van der Waals surface area contributed by atoms with Crippen LogP contribution in [0.4, 0.5) is 10.2 Å². The monoisotopic (exact) mass is 431 g/mol. The van der Waals surface area contributed by atoms with Gasteiger partial charge in [0.05, 0.1) is 23.0 Å². The van der Waals surface area contributed by atoms with Gasteiger partial charge in [0.25, 0.3) is 5.91 Å². The third-order valence-electron chi connectivity index (χ3n) is 5.07. The zero-order chi connectivity index (χ0) is 22.5. The number of anilines is 1. The predicted molar refractivity (Wildman–Crippen MR) is 120 cm³/mol. The van der Waals surface area contributed by atoms with Gasteiger partial charge in [-0.15, -0.1) is 0 Å². The molecule has 0 saturated heterocycles. The number of pyridine rings is 1. The van der Waals surface area contributed by atoms with Crippen LogP contribution in [0.3, 0.4) is 0 Å². The number of rotatable bonds is 7. The van der Waals surface area contributed by atoms with E-state index in [1.54, 1.807) is 24.5 Å². The summed E-state index contributed by atoms with van der Waals surface area (Å²) in [7, 11) is 1.47. The Hall–Kier alpha value is -4.01. The van der Waals surface area contributed by atoms with Crippen molar-refractivity contribution in [3.05, 3.63) is 72.0 Å². The van der Waals surface area contributed by atoms with Gasteiger partial charge in [0, 0.05) is 49.4 Å². The van der Waals surface area contributed by atoms with Crippen molar-refractivity contribution in [3.63, 3.8) is 0 Å². The fourth-order valence-electron chi connectivity index (χ4n) is 3.42. The molecule has 0 atom stereocenters. The average Bonchev–Trinajstić information content (AvgIpc) is 2.84. The number of aryl methyl sites for hydroxylation is 1. The van der Waals surface area contributed by atoms with E-state index in [-0.39, 0.29) is 5.56 Å². The summed E-state index contributed by atoms with van der Waals surface area (Å²) in [5, 5.41) is 6.25. The number of aromatic nitrogens is 5. The van der Waals surface area contributed by atoms with Crippen molar-refractivity contribution >= 4 is 22.6 Å². The van der Waals surface area contributed by atoms with E-state index in [2.05, 4.69) is 35.6 Å². The molecular weight excluding hydrogens is 409 g/mol. The van der Waals surface area contributed by atoms with E-state index >= 15 is 0 Å². The molecule has 0 saturated carbocycles. The van der Waals surface area contributed by atoms with E-state index in [9.17, 15) is 9.18 Å². The van der Waals surface area contributed by atoms with Crippen molar-refractivity contribution in [1.82, 2.24) is 30.2 Å². The second kappa shape index (κ2) is 9.42. The molecule has 0 spiro atoms. The lowest BCUT2D eigenvalue weighted by molar-refractivity contribution is 0.0961. The van der Waals surface area contributed by atoms with Gasteiger partial charge in [-0.3, -0.25) is 9.78 Å². The Morgan fingerprint density at radius 2 is 1.88 bits per heavy atom. The maximum atomic E-state index is 14.2. The highest BCUT2D eigenvalue weighted by molar-refractivity contribution is 6.06. The second-order valence-corrected chi connectivity index (χ2v) is 7.08. The molecule has 0 aliphatic carbocycles. The Labute approximate surface area is 184 Å². The van der Waals surface area contributed by atoms with Crippen LogP contribution in [0.5, 0.6) is 0 Å². The molecule has 8 nitrogen and oxygen atoms in total. The Balaban J connectivity index is 1.51. The molecule has 162 valence electrons. The molecule has 4 aromatic rings. The molecule has 0 unspecified atom stereocenters. The normalized spacial score (nSPS) is 10.8. The molecule has 0 fully saturated rings. The van der Waals surface area contributed by atoms with E-state index in [1.807, 2.05) is 19.1 Å². The average molecular weight is 431 g/mol. The van der Waals surface area contributed by atoms with Gasteiger partial charge in [-0.2, -0.15) is 0 Å². The van der Waals surface area contributed by atoms with Crippen LogP contribution in [0.25, 0.3) is 22.2 Å². The number of nitrogens with one attached hydrogen (secondary N) is 2. The zero-order valence-corrected chi connectivity index (χ0v) is 17.8. The van der Waals surface area contributed by atoms with Crippen molar-refractivity contribution < 1.29 is 9.18 Å². The molecule has 3 heterocycles. The number of benzene rings is 1. The molecule has 32 heavy (non-hydrogen) atoms. The summed E-state index contributed by atoms with van der Waals surface area (Å²) in [6.07, 6.45) is 7.47. The minimum absolute atomic E-state index is 0.00376. The molecule has 4 rings (SSSR count). The summed E-state index contributed by atoms with van der Waals surface area (Å²) in [6.45, 7) is 2.57. The lowest BCUT2D eigenvalue weighted by Crippen LogP contribution is -2.20. The molecule has 2 N–H and O–H groups in total. The Morgan fingerprint density at radius 3 is 2.62 bits per heavy atom. The van der Waals surface area contributed by atoms with Crippen LogP contribution in [-0.4, -0.2) is 44.4 Å². The van der Waals surface area contributed by atoms with Gasteiger partial charge in [0.1, 0.15) is 18.0 Å². The number of para-hydroxylation sites is 1. The van der Waals surface area contributed by atoms with Crippen molar-refractivity contribution in [1.29, 1.82) is 0 Å². The minimum Gasteiger partial charge on any atom is -0.370 e. The van der Waals surface area contributed by atoms with Gasteiger partial charge in [0.15, 0.2) is 5.82 Å². The first kappa shape index (κ1) is 21.2. The van der Waals surface area contributed by atoms with Gasteiger partial charge in [-0.25, -0.2) is 24.3 Å². The molecule has 0 radical (unpaired) electrons. The molecule has 0 aliphatic rings. The highest BCUT2D eigenvalue weighted by atomic mass is 19.1. The first-order chi connectivity index (χ1) is 15.6. The predicted octanol–water partition coefficient (Wildman–Crippen LogP) is 3.20. The number of halogens is 1. The van der Waals surface area contributed by atoms with E-state index < -0.39 is 11.7 Å². The molecule has 0 bridgehead atoms. The van der Waals surface area contributed by atoms with Gasteiger partial charge < -0.3 is 10.6 Å². The third-order valence-corrected chi connectivity index (χ3v) is 5.07. The summed E-state index contributed by atoms with van der Waals surface area (Å²) >= 11 is 0. The number of hydrogen-bond acceptors (Lipinski definition) is 7. The number of carbonyl (C=O) groups excluding carboxylic acids is 1. The quantitative estimate of drug-likeness (QED) is 0.463. The van der Waals surface area contributed by atoms with Crippen molar-refractivity contribution in [2.24, 2.45) is 0 Å². The summed E-state index contributed by atoms with van der Waals surface area (Å²) in [5.41, 5.74) is 3.05. The zero-order valence-electron chi connectivity index (χ0n) is 17.8. The van der Waals surface area contributed by atoms with Crippen molar-refractivity contribution in [2.75, 3.05) is 18.9 Å². The van der Waals surface area contributed by atoms with E-state index in [4.69, 9.17) is 0 Å².